The van der Waals surface area contributed by atoms with E-state index in [9.17, 15) is 4.79 Å². The minimum atomic E-state index is -0.490. The van der Waals surface area contributed by atoms with E-state index in [1.54, 1.807) is 0 Å². The van der Waals surface area contributed by atoms with Crippen LogP contribution in [0.15, 0.2) is 24.3 Å². The van der Waals surface area contributed by atoms with E-state index in [-0.39, 0.29) is 5.91 Å². The third-order valence-electron chi connectivity index (χ3n) is 4.39. The van der Waals surface area contributed by atoms with Crippen LogP contribution in [0.3, 0.4) is 0 Å². The molecule has 1 aliphatic heterocycles. The Bertz CT molecular complexity index is 481. The smallest absolute Gasteiger partial charge is 0.248 e. The number of hydrogen-bond acceptors (Lipinski definition) is 3. The summed E-state index contributed by atoms with van der Waals surface area (Å²) in [6, 6.07) is 7.40. The number of carbonyl (C=O) groups is 1. The number of nitrogens with zero attached hydrogens (tertiary/aromatic N) is 2. The highest BCUT2D eigenvalue weighted by molar-refractivity contribution is 6.04. The molecule has 0 radical (unpaired) electrons. The van der Waals surface area contributed by atoms with Gasteiger partial charge in [0.15, 0.2) is 0 Å². The molecule has 0 bridgehead atoms. The van der Waals surface area contributed by atoms with Crippen LogP contribution in [0.2, 0.25) is 0 Å². The number of amides is 1. The second-order valence-electron chi connectivity index (χ2n) is 6.08. The van der Waals surface area contributed by atoms with Gasteiger partial charge in [0, 0.05) is 24.3 Å². The summed E-state index contributed by atoms with van der Waals surface area (Å²) in [4.78, 5) is 16.7. The summed E-state index contributed by atoms with van der Waals surface area (Å²) in [5, 5.41) is 0. The fourth-order valence-electron chi connectivity index (χ4n) is 2.99. The van der Waals surface area contributed by atoms with Crippen LogP contribution >= 0.6 is 0 Å². The number of unbranched alkanes of at least 4 members (excludes halogenated alkanes) is 2. The van der Waals surface area contributed by atoms with Crippen LogP contribution < -0.4 is 10.6 Å². The standard InChI is InChI=1S/C18H29N3O/c1-3-5-11-20(12-6-4-2)13-14-21-16-10-8-7-9-15(16)17(19)18(21)22/h7-10,17H,3-6,11-14,19H2,1-2H3. The molecule has 0 aromatic heterocycles. The molecule has 1 aromatic carbocycles. The zero-order valence-corrected chi connectivity index (χ0v) is 13.9. The fourth-order valence-corrected chi connectivity index (χ4v) is 2.99. The predicted octanol–water partition coefficient (Wildman–Crippen LogP) is 2.94. The Kier molecular flexibility index (Phi) is 6.40. The van der Waals surface area contributed by atoms with E-state index in [0.29, 0.717) is 0 Å². The molecule has 1 amide bonds. The third kappa shape index (κ3) is 3.87. The van der Waals surface area contributed by atoms with Gasteiger partial charge in [-0.3, -0.25) is 4.79 Å². The van der Waals surface area contributed by atoms with Crippen molar-refractivity contribution in [2.75, 3.05) is 31.1 Å². The molecule has 0 saturated carbocycles. The monoisotopic (exact) mass is 303 g/mol. The molecule has 1 atom stereocenters. The Morgan fingerprint density at radius 2 is 1.73 bits per heavy atom. The summed E-state index contributed by atoms with van der Waals surface area (Å²) in [5.74, 6) is 0.0344. The summed E-state index contributed by atoms with van der Waals surface area (Å²) in [7, 11) is 0. The first-order valence-electron chi connectivity index (χ1n) is 8.57. The number of fused-ring (bicyclic) bond motifs is 1. The van der Waals surface area contributed by atoms with Crippen molar-refractivity contribution < 1.29 is 4.79 Å². The van der Waals surface area contributed by atoms with Crippen molar-refractivity contribution in [2.45, 2.75) is 45.6 Å². The molecule has 2 N–H and O–H groups in total. The van der Waals surface area contributed by atoms with Gasteiger partial charge < -0.3 is 15.5 Å². The van der Waals surface area contributed by atoms with E-state index in [4.69, 9.17) is 5.73 Å². The zero-order valence-electron chi connectivity index (χ0n) is 13.9. The van der Waals surface area contributed by atoms with Crippen molar-refractivity contribution in [1.29, 1.82) is 0 Å². The maximum Gasteiger partial charge on any atom is 0.248 e. The van der Waals surface area contributed by atoms with Crippen LogP contribution in [0, 0.1) is 0 Å². The summed E-state index contributed by atoms with van der Waals surface area (Å²) in [5.41, 5.74) is 7.99. The van der Waals surface area contributed by atoms with Crippen LogP contribution in [0.5, 0.6) is 0 Å². The van der Waals surface area contributed by atoms with Crippen LogP contribution in [-0.2, 0) is 4.79 Å². The molecule has 0 aliphatic carbocycles. The predicted molar refractivity (Wildman–Crippen MR) is 92.0 cm³/mol. The van der Waals surface area contributed by atoms with Gasteiger partial charge in [-0.2, -0.15) is 0 Å². The number of benzene rings is 1. The van der Waals surface area contributed by atoms with Crippen molar-refractivity contribution in [2.24, 2.45) is 5.73 Å². The van der Waals surface area contributed by atoms with Crippen molar-refractivity contribution in [1.82, 2.24) is 4.90 Å². The topological polar surface area (TPSA) is 49.6 Å². The SMILES string of the molecule is CCCCN(CCCC)CCN1C(=O)C(N)c2ccccc21. The summed E-state index contributed by atoms with van der Waals surface area (Å²) in [6.07, 6.45) is 4.85. The van der Waals surface area contributed by atoms with Gasteiger partial charge in [-0.1, -0.05) is 44.9 Å². The average molecular weight is 303 g/mol. The number of para-hydroxylation sites is 1. The molecule has 1 heterocycles. The van der Waals surface area contributed by atoms with Gasteiger partial charge in [-0.05, 0) is 32.0 Å². The van der Waals surface area contributed by atoms with Crippen LogP contribution in [0.4, 0.5) is 5.69 Å². The molecule has 1 aliphatic rings. The van der Waals surface area contributed by atoms with Gasteiger partial charge in [-0.25, -0.2) is 0 Å². The zero-order chi connectivity index (χ0) is 15.9. The first-order chi connectivity index (χ1) is 10.7. The summed E-state index contributed by atoms with van der Waals surface area (Å²) >= 11 is 0. The number of anilines is 1. The Morgan fingerprint density at radius 3 is 2.36 bits per heavy atom. The Labute approximate surface area is 134 Å². The molecule has 22 heavy (non-hydrogen) atoms. The highest BCUT2D eigenvalue weighted by atomic mass is 16.2. The molecular weight excluding hydrogens is 274 g/mol. The van der Waals surface area contributed by atoms with Gasteiger partial charge in [0.1, 0.15) is 6.04 Å². The lowest BCUT2D eigenvalue weighted by Gasteiger charge is -2.25. The van der Waals surface area contributed by atoms with Crippen LogP contribution in [-0.4, -0.2) is 37.0 Å². The minimum Gasteiger partial charge on any atom is -0.316 e. The maximum atomic E-state index is 12.4. The number of rotatable bonds is 9. The van der Waals surface area contributed by atoms with E-state index in [1.807, 2.05) is 29.2 Å². The highest BCUT2D eigenvalue weighted by Crippen LogP contribution is 2.33. The Morgan fingerprint density at radius 1 is 1.09 bits per heavy atom. The maximum absolute atomic E-state index is 12.4. The van der Waals surface area contributed by atoms with Crippen molar-refractivity contribution >= 4 is 11.6 Å². The van der Waals surface area contributed by atoms with E-state index in [2.05, 4.69) is 18.7 Å². The normalized spacial score (nSPS) is 17.4. The van der Waals surface area contributed by atoms with Crippen molar-refractivity contribution in [3.05, 3.63) is 29.8 Å². The largest absolute Gasteiger partial charge is 0.316 e. The lowest BCUT2D eigenvalue weighted by molar-refractivity contribution is -0.119. The van der Waals surface area contributed by atoms with Gasteiger partial charge in [0.25, 0.3) is 0 Å². The molecule has 4 nitrogen and oxygen atoms in total. The Balaban J connectivity index is 1.98. The highest BCUT2D eigenvalue weighted by Gasteiger charge is 2.34. The molecule has 2 rings (SSSR count). The lowest BCUT2D eigenvalue weighted by Crippen LogP contribution is -2.39. The quantitative estimate of drug-likeness (QED) is 0.763. The van der Waals surface area contributed by atoms with Gasteiger partial charge in [0.05, 0.1) is 0 Å². The van der Waals surface area contributed by atoms with E-state index in [0.717, 1.165) is 37.4 Å². The molecule has 1 aromatic rings. The third-order valence-corrected chi connectivity index (χ3v) is 4.39. The van der Waals surface area contributed by atoms with Gasteiger partial charge in [0.2, 0.25) is 5.91 Å². The second kappa shape index (κ2) is 8.30. The van der Waals surface area contributed by atoms with Gasteiger partial charge >= 0.3 is 0 Å². The Hall–Kier alpha value is -1.39. The molecule has 0 fully saturated rings. The molecule has 1 unspecified atom stereocenters. The molecule has 122 valence electrons. The number of carbonyl (C=O) groups excluding carboxylic acids is 1. The fraction of sp³-hybridized carbons (Fsp3) is 0.611. The second-order valence-corrected chi connectivity index (χ2v) is 6.08. The molecule has 0 spiro atoms. The van der Waals surface area contributed by atoms with Gasteiger partial charge in [-0.15, -0.1) is 0 Å². The molecule has 4 heteroatoms. The summed E-state index contributed by atoms with van der Waals surface area (Å²) < 4.78 is 0. The first-order valence-corrected chi connectivity index (χ1v) is 8.57. The first kappa shape index (κ1) is 17.0. The van der Waals surface area contributed by atoms with E-state index >= 15 is 0 Å². The van der Waals surface area contributed by atoms with E-state index < -0.39 is 6.04 Å². The van der Waals surface area contributed by atoms with Crippen LogP contribution in [0.25, 0.3) is 0 Å². The van der Waals surface area contributed by atoms with Crippen LogP contribution in [0.1, 0.15) is 51.1 Å². The lowest BCUT2D eigenvalue weighted by atomic mass is 10.1. The molecular formula is C18H29N3O. The van der Waals surface area contributed by atoms with E-state index in [1.165, 1.54) is 25.7 Å². The minimum absolute atomic E-state index is 0.0344. The number of hydrogen-bond donors (Lipinski definition) is 1. The number of nitrogens with two attached hydrogens (primary N) is 1. The van der Waals surface area contributed by atoms with Crippen molar-refractivity contribution in [3.63, 3.8) is 0 Å². The van der Waals surface area contributed by atoms with Crippen molar-refractivity contribution in [3.8, 4) is 0 Å². The molecule has 0 saturated heterocycles. The average Bonchev–Trinajstić information content (AvgIpc) is 2.79. The summed E-state index contributed by atoms with van der Waals surface area (Å²) in [6.45, 7) is 8.33.